The number of rotatable bonds is 8. The van der Waals surface area contributed by atoms with Gasteiger partial charge in [-0.3, -0.25) is 0 Å². The largest absolute Gasteiger partial charge is 0.497 e. The van der Waals surface area contributed by atoms with Crippen molar-refractivity contribution in [1.82, 2.24) is 0 Å². The monoisotopic (exact) mass is 440 g/mol. The Kier molecular flexibility index (Phi) is 6.55. The van der Waals surface area contributed by atoms with Crippen LogP contribution in [0, 0.1) is 0 Å². The molecule has 0 saturated heterocycles. The average Bonchev–Trinajstić information content (AvgIpc) is 2.90. The summed E-state index contributed by atoms with van der Waals surface area (Å²) in [5.41, 5.74) is 3.87. The van der Waals surface area contributed by atoms with E-state index in [-0.39, 0.29) is 0 Å². The van der Waals surface area contributed by atoms with Crippen LogP contribution in [0.4, 0.5) is 0 Å². The smallest absolute Gasteiger partial charge is 0.118 e. The van der Waals surface area contributed by atoms with E-state index in [9.17, 15) is 0 Å². The molecule has 4 aromatic carbocycles. The number of ether oxygens (including phenoxy) is 4. The summed E-state index contributed by atoms with van der Waals surface area (Å²) in [5.74, 6) is 3.25. The Morgan fingerprint density at radius 3 is 0.667 bits per heavy atom. The molecule has 0 spiro atoms. The molecule has 0 aromatic heterocycles. The Morgan fingerprint density at radius 2 is 0.515 bits per heavy atom. The topological polar surface area (TPSA) is 36.9 Å². The third kappa shape index (κ3) is 4.12. The third-order valence-electron chi connectivity index (χ3n) is 6.09. The summed E-state index contributed by atoms with van der Waals surface area (Å²) in [4.78, 5) is 0. The summed E-state index contributed by atoms with van der Waals surface area (Å²) < 4.78 is 21.8. The van der Waals surface area contributed by atoms with Crippen LogP contribution in [0.5, 0.6) is 23.0 Å². The van der Waals surface area contributed by atoms with Gasteiger partial charge in [0.15, 0.2) is 0 Å². The minimum Gasteiger partial charge on any atom is -0.497 e. The zero-order valence-corrected chi connectivity index (χ0v) is 19.4. The van der Waals surface area contributed by atoms with Crippen LogP contribution < -0.4 is 18.9 Å². The van der Waals surface area contributed by atoms with Gasteiger partial charge >= 0.3 is 0 Å². The quantitative estimate of drug-likeness (QED) is 0.310. The first-order chi connectivity index (χ1) is 16.1. The maximum Gasteiger partial charge on any atom is 0.118 e. The second-order valence-corrected chi connectivity index (χ2v) is 7.66. The van der Waals surface area contributed by atoms with E-state index in [0.29, 0.717) is 0 Å². The predicted molar refractivity (Wildman–Crippen MR) is 131 cm³/mol. The standard InChI is InChI=1S/C29H28O4/c1-30-25-13-5-21(6-14-25)29(22-7-15-26(31-2)16-8-22,23-9-17-27(32-3)18-10-23)24-11-19-28(33-4)20-12-24/h5-20H,1-4H3. The molecule has 0 radical (unpaired) electrons. The number of hydrogen-bond acceptors (Lipinski definition) is 4. The first-order valence-electron chi connectivity index (χ1n) is 10.7. The highest BCUT2D eigenvalue weighted by atomic mass is 16.5. The van der Waals surface area contributed by atoms with Crippen molar-refractivity contribution in [2.75, 3.05) is 28.4 Å². The van der Waals surface area contributed by atoms with Crippen LogP contribution in [0.3, 0.4) is 0 Å². The fourth-order valence-corrected chi connectivity index (χ4v) is 4.36. The minimum atomic E-state index is -0.586. The van der Waals surface area contributed by atoms with E-state index in [2.05, 4.69) is 48.5 Å². The molecule has 0 saturated carbocycles. The molecule has 168 valence electrons. The van der Waals surface area contributed by atoms with Crippen molar-refractivity contribution < 1.29 is 18.9 Å². The van der Waals surface area contributed by atoms with Crippen molar-refractivity contribution in [2.24, 2.45) is 0 Å². The third-order valence-corrected chi connectivity index (χ3v) is 6.09. The highest BCUT2D eigenvalue weighted by Crippen LogP contribution is 2.46. The predicted octanol–water partition coefficient (Wildman–Crippen LogP) is 6.10. The number of methoxy groups -OCH3 is 4. The highest BCUT2D eigenvalue weighted by Gasteiger charge is 2.38. The van der Waals surface area contributed by atoms with Crippen LogP contribution in [0.25, 0.3) is 0 Å². The molecule has 4 nitrogen and oxygen atoms in total. The molecular weight excluding hydrogens is 412 g/mol. The number of benzene rings is 4. The maximum atomic E-state index is 5.44. The van der Waals surface area contributed by atoms with Crippen molar-refractivity contribution in [3.05, 3.63) is 119 Å². The van der Waals surface area contributed by atoms with E-state index in [4.69, 9.17) is 18.9 Å². The summed E-state index contributed by atoms with van der Waals surface area (Å²) >= 11 is 0. The Hall–Kier alpha value is -3.92. The maximum absolute atomic E-state index is 5.44. The lowest BCUT2D eigenvalue weighted by Crippen LogP contribution is -2.31. The van der Waals surface area contributed by atoms with Gasteiger partial charge in [-0.15, -0.1) is 0 Å². The second kappa shape index (κ2) is 9.70. The first-order valence-corrected chi connectivity index (χ1v) is 10.7. The van der Waals surface area contributed by atoms with Crippen LogP contribution in [0.2, 0.25) is 0 Å². The zero-order valence-electron chi connectivity index (χ0n) is 19.4. The first kappa shape index (κ1) is 22.3. The molecule has 0 fully saturated rings. The van der Waals surface area contributed by atoms with E-state index in [1.165, 1.54) is 0 Å². The van der Waals surface area contributed by atoms with E-state index in [1.807, 2.05) is 48.5 Å². The molecule has 0 unspecified atom stereocenters. The summed E-state index contributed by atoms with van der Waals surface area (Å²) in [6.45, 7) is 0. The SMILES string of the molecule is COc1ccc(C(c2ccc(OC)cc2)(c2ccc(OC)cc2)c2ccc(OC)cc2)cc1. The van der Waals surface area contributed by atoms with E-state index >= 15 is 0 Å². The van der Waals surface area contributed by atoms with E-state index < -0.39 is 5.41 Å². The van der Waals surface area contributed by atoms with Crippen molar-refractivity contribution in [1.29, 1.82) is 0 Å². The number of hydrogen-bond donors (Lipinski definition) is 0. The Morgan fingerprint density at radius 1 is 0.333 bits per heavy atom. The Bertz CT molecular complexity index is 967. The summed E-state index contributed by atoms with van der Waals surface area (Å²) in [7, 11) is 6.72. The molecule has 0 bridgehead atoms. The van der Waals surface area contributed by atoms with Crippen LogP contribution in [-0.4, -0.2) is 28.4 Å². The summed E-state index contributed by atoms with van der Waals surface area (Å²) in [5, 5.41) is 0. The Labute approximate surface area is 195 Å². The average molecular weight is 441 g/mol. The van der Waals surface area contributed by atoms with Crippen LogP contribution in [0.1, 0.15) is 22.3 Å². The second-order valence-electron chi connectivity index (χ2n) is 7.66. The fourth-order valence-electron chi connectivity index (χ4n) is 4.36. The van der Waals surface area contributed by atoms with Gasteiger partial charge < -0.3 is 18.9 Å². The molecule has 0 atom stereocenters. The van der Waals surface area contributed by atoms with Gasteiger partial charge in [-0.25, -0.2) is 0 Å². The highest BCUT2D eigenvalue weighted by molar-refractivity contribution is 5.61. The zero-order chi connectivity index (χ0) is 23.3. The van der Waals surface area contributed by atoms with Crippen molar-refractivity contribution in [2.45, 2.75) is 5.41 Å². The van der Waals surface area contributed by atoms with Crippen molar-refractivity contribution in [3.8, 4) is 23.0 Å². The molecule has 0 aliphatic rings. The normalized spacial score (nSPS) is 11.0. The van der Waals surface area contributed by atoms with Crippen LogP contribution in [0.15, 0.2) is 97.1 Å². The molecule has 0 aliphatic carbocycles. The van der Waals surface area contributed by atoms with Gasteiger partial charge in [0.1, 0.15) is 23.0 Å². The summed E-state index contributed by atoms with van der Waals surface area (Å²) in [6.07, 6.45) is 0. The molecule has 0 aliphatic heterocycles. The van der Waals surface area contributed by atoms with Crippen molar-refractivity contribution in [3.63, 3.8) is 0 Å². The van der Waals surface area contributed by atoms with Gasteiger partial charge in [0.2, 0.25) is 0 Å². The van der Waals surface area contributed by atoms with Gasteiger partial charge in [0.05, 0.1) is 33.9 Å². The summed E-state index contributed by atoms with van der Waals surface area (Å²) in [6, 6.07) is 33.0. The van der Waals surface area contributed by atoms with Gasteiger partial charge in [-0.05, 0) is 70.8 Å². The molecule has 0 N–H and O–H groups in total. The van der Waals surface area contributed by atoms with Crippen LogP contribution in [-0.2, 0) is 5.41 Å². The fraction of sp³-hybridized carbons (Fsp3) is 0.172. The molecular formula is C29H28O4. The van der Waals surface area contributed by atoms with Crippen molar-refractivity contribution >= 4 is 0 Å². The van der Waals surface area contributed by atoms with Gasteiger partial charge in [0.25, 0.3) is 0 Å². The van der Waals surface area contributed by atoms with Gasteiger partial charge in [-0.2, -0.15) is 0 Å². The molecule has 0 heterocycles. The van der Waals surface area contributed by atoms with Gasteiger partial charge in [-0.1, -0.05) is 48.5 Å². The molecule has 0 amide bonds. The lowest BCUT2D eigenvalue weighted by Gasteiger charge is -2.37. The lowest BCUT2D eigenvalue weighted by molar-refractivity contribution is 0.413. The van der Waals surface area contributed by atoms with E-state index in [1.54, 1.807) is 28.4 Å². The molecule has 4 heteroatoms. The minimum absolute atomic E-state index is 0.586. The van der Waals surface area contributed by atoms with Crippen LogP contribution >= 0.6 is 0 Å². The Balaban J connectivity index is 2.05. The molecule has 4 aromatic rings. The van der Waals surface area contributed by atoms with E-state index in [0.717, 1.165) is 45.3 Å². The molecule has 4 rings (SSSR count). The molecule has 33 heavy (non-hydrogen) atoms. The lowest BCUT2D eigenvalue weighted by atomic mass is 9.65. The van der Waals surface area contributed by atoms with Gasteiger partial charge in [0, 0.05) is 0 Å².